The van der Waals surface area contributed by atoms with Gasteiger partial charge in [-0.3, -0.25) is 9.98 Å². The zero-order valence-electron chi connectivity index (χ0n) is 16.3. The summed E-state index contributed by atoms with van der Waals surface area (Å²) in [5, 5.41) is 8.47. The van der Waals surface area contributed by atoms with Crippen LogP contribution in [-0.2, 0) is 0 Å². The summed E-state index contributed by atoms with van der Waals surface area (Å²) in [6.07, 6.45) is 5.99. The summed E-state index contributed by atoms with van der Waals surface area (Å²) < 4.78 is 13.8. The molecule has 1 heterocycles. The molecule has 150 valence electrons. The van der Waals surface area contributed by atoms with E-state index in [9.17, 15) is 4.39 Å². The highest BCUT2D eigenvalue weighted by atomic mass is 35.5. The largest absolute Gasteiger partial charge is 0.353 e. The second-order valence-corrected chi connectivity index (χ2v) is 7.90. The van der Waals surface area contributed by atoms with Gasteiger partial charge < -0.3 is 10.6 Å². The van der Waals surface area contributed by atoms with Gasteiger partial charge in [-0.2, -0.15) is 0 Å². The Kier molecular flexibility index (Phi) is 5.95. The molecule has 0 saturated heterocycles. The van der Waals surface area contributed by atoms with Crippen LogP contribution in [0.15, 0.2) is 59.7 Å². The van der Waals surface area contributed by atoms with Gasteiger partial charge in [-0.15, -0.1) is 0 Å². The summed E-state index contributed by atoms with van der Waals surface area (Å²) in [6.45, 7) is 0. The van der Waals surface area contributed by atoms with Crippen LogP contribution in [0.1, 0.15) is 37.2 Å². The average Bonchev–Trinajstić information content (AvgIpc) is 2.75. The lowest BCUT2D eigenvalue weighted by atomic mass is 9.80. The van der Waals surface area contributed by atoms with E-state index in [2.05, 4.69) is 20.6 Å². The third-order valence-electron chi connectivity index (χ3n) is 5.58. The van der Waals surface area contributed by atoms with E-state index in [1.54, 1.807) is 19.2 Å². The molecule has 4 nitrogen and oxygen atoms in total. The number of aliphatic imine (C=N–C) groups is 1. The molecule has 1 aliphatic rings. The highest BCUT2D eigenvalue weighted by molar-refractivity contribution is 6.30. The molecule has 4 rings (SSSR count). The number of nitrogens with one attached hydrogen (secondary N) is 2. The van der Waals surface area contributed by atoms with Gasteiger partial charge in [0.05, 0.1) is 5.52 Å². The van der Waals surface area contributed by atoms with Gasteiger partial charge in [-0.1, -0.05) is 11.6 Å². The van der Waals surface area contributed by atoms with Crippen LogP contribution in [0.2, 0.25) is 5.02 Å². The lowest BCUT2D eigenvalue weighted by Gasteiger charge is -2.31. The number of anilines is 1. The Labute approximate surface area is 175 Å². The smallest absolute Gasteiger partial charge is 0.195 e. The molecule has 1 aromatic heterocycles. The van der Waals surface area contributed by atoms with E-state index < -0.39 is 0 Å². The summed E-state index contributed by atoms with van der Waals surface area (Å²) in [5.74, 6) is 0.970. The van der Waals surface area contributed by atoms with E-state index in [0.29, 0.717) is 17.0 Å². The fraction of sp³-hybridized carbons (Fsp3) is 0.304. The molecule has 0 amide bonds. The number of nitrogens with zero attached hydrogens (tertiary/aromatic N) is 2. The highest BCUT2D eigenvalue weighted by Crippen LogP contribution is 2.36. The number of fused-ring (bicyclic) bond motifs is 1. The fourth-order valence-corrected chi connectivity index (χ4v) is 4.19. The van der Waals surface area contributed by atoms with Gasteiger partial charge in [-0.25, -0.2) is 4.39 Å². The zero-order chi connectivity index (χ0) is 20.2. The third kappa shape index (κ3) is 4.67. The molecule has 2 N–H and O–H groups in total. The van der Waals surface area contributed by atoms with Crippen molar-refractivity contribution < 1.29 is 4.39 Å². The summed E-state index contributed by atoms with van der Waals surface area (Å²) in [5.41, 5.74) is 3.01. The van der Waals surface area contributed by atoms with Gasteiger partial charge >= 0.3 is 0 Å². The maximum atomic E-state index is 13.8. The zero-order valence-corrected chi connectivity index (χ0v) is 17.1. The van der Waals surface area contributed by atoms with Gasteiger partial charge in [-0.05, 0) is 85.7 Å². The van der Waals surface area contributed by atoms with E-state index in [4.69, 9.17) is 11.6 Å². The van der Waals surface area contributed by atoms with Crippen molar-refractivity contribution in [1.29, 1.82) is 0 Å². The second-order valence-electron chi connectivity index (χ2n) is 7.46. The topological polar surface area (TPSA) is 49.3 Å². The third-order valence-corrected chi connectivity index (χ3v) is 5.83. The highest BCUT2D eigenvalue weighted by Gasteiger charge is 2.24. The number of rotatable bonds is 3. The molecular weight excluding hydrogens is 387 g/mol. The molecule has 29 heavy (non-hydrogen) atoms. The van der Waals surface area contributed by atoms with Crippen LogP contribution < -0.4 is 10.6 Å². The molecule has 0 aliphatic heterocycles. The summed E-state index contributed by atoms with van der Waals surface area (Å²) in [6, 6.07) is 14.8. The van der Waals surface area contributed by atoms with E-state index in [1.807, 2.05) is 36.5 Å². The van der Waals surface area contributed by atoms with Crippen molar-refractivity contribution in [3.63, 3.8) is 0 Å². The number of aromatic nitrogens is 1. The molecule has 0 atom stereocenters. The van der Waals surface area contributed by atoms with E-state index in [0.717, 1.165) is 48.2 Å². The summed E-state index contributed by atoms with van der Waals surface area (Å²) >= 11 is 5.95. The lowest BCUT2D eigenvalue weighted by Crippen LogP contribution is -2.41. The number of pyridine rings is 1. The second kappa shape index (κ2) is 8.78. The van der Waals surface area contributed by atoms with Gasteiger partial charge in [0.2, 0.25) is 0 Å². The molecule has 2 aromatic carbocycles. The van der Waals surface area contributed by atoms with Crippen LogP contribution in [0, 0.1) is 5.82 Å². The Morgan fingerprint density at radius 1 is 1.07 bits per heavy atom. The first kappa shape index (κ1) is 19.6. The van der Waals surface area contributed by atoms with Crippen molar-refractivity contribution in [3.8, 4) is 0 Å². The molecule has 0 radical (unpaired) electrons. The minimum Gasteiger partial charge on any atom is -0.353 e. The molecular formula is C23H24ClFN4. The molecule has 1 saturated carbocycles. The Morgan fingerprint density at radius 3 is 2.55 bits per heavy atom. The molecule has 0 unspecified atom stereocenters. The number of guanidine groups is 1. The standard InChI is InChI=1S/C23H24ClFN4/c1-26-23(29-19-9-4-16(24)5-10-19)28-18-7-2-15(3-8-18)20-12-13-27-22-11-6-17(25)14-21(20)22/h4-6,9-15,18H,2-3,7-8H2,1H3,(H2,26,28,29). The van der Waals surface area contributed by atoms with Gasteiger partial charge in [0.15, 0.2) is 5.96 Å². The van der Waals surface area contributed by atoms with Crippen LogP contribution in [0.3, 0.4) is 0 Å². The number of hydrogen-bond donors (Lipinski definition) is 2. The number of benzene rings is 2. The quantitative estimate of drug-likeness (QED) is 0.427. The van der Waals surface area contributed by atoms with Crippen molar-refractivity contribution in [2.75, 3.05) is 12.4 Å². The van der Waals surface area contributed by atoms with Gasteiger partial charge in [0.1, 0.15) is 5.82 Å². The number of hydrogen-bond acceptors (Lipinski definition) is 2. The maximum Gasteiger partial charge on any atom is 0.195 e. The Bertz CT molecular complexity index is 1010. The molecule has 3 aromatic rings. The summed E-state index contributed by atoms with van der Waals surface area (Å²) in [4.78, 5) is 8.72. The van der Waals surface area contributed by atoms with Crippen LogP contribution in [0.5, 0.6) is 0 Å². The van der Waals surface area contributed by atoms with E-state index >= 15 is 0 Å². The van der Waals surface area contributed by atoms with Crippen molar-refractivity contribution in [3.05, 3.63) is 71.1 Å². The monoisotopic (exact) mass is 410 g/mol. The molecule has 1 aliphatic carbocycles. The predicted octanol–water partition coefficient (Wildman–Crippen LogP) is 5.74. The Morgan fingerprint density at radius 2 is 1.83 bits per heavy atom. The molecule has 0 bridgehead atoms. The molecule has 6 heteroatoms. The average molecular weight is 411 g/mol. The first-order valence-corrected chi connectivity index (χ1v) is 10.3. The van der Waals surface area contributed by atoms with Gasteiger partial charge in [0, 0.05) is 35.4 Å². The Hall–Kier alpha value is -2.66. The normalized spacial score (nSPS) is 19.9. The summed E-state index contributed by atoms with van der Waals surface area (Å²) in [7, 11) is 1.77. The van der Waals surface area contributed by atoms with Crippen LogP contribution in [0.25, 0.3) is 10.9 Å². The SMILES string of the molecule is CN=C(Nc1ccc(Cl)cc1)NC1CCC(c2ccnc3ccc(F)cc23)CC1. The van der Waals surface area contributed by atoms with Crippen molar-refractivity contribution in [1.82, 2.24) is 10.3 Å². The fourth-order valence-electron chi connectivity index (χ4n) is 4.06. The van der Waals surface area contributed by atoms with Crippen molar-refractivity contribution >= 4 is 34.2 Å². The number of halogens is 2. The minimum absolute atomic E-state index is 0.209. The van der Waals surface area contributed by atoms with Gasteiger partial charge in [0.25, 0.3) is 0 Å². The predicted molar refractivity (Wildman–Crippen MR) is 118 cm³/mol. The first-order valence-electron chi connectivity index (χ1n) is 9.92. The Balaban J connectivity index is 1.39. The van der Waals surface area contributed by atoms with Crippen molar-refractivity contribution in [2.24, 2.45) is 4.99 Å². The maximum absolute atomic E-state index is 13.8. The van der Waals surface area contributed by atoms with Crippen LogP contribution >= 0.6 is 11.6 Å². The molecule has 0 spiro atoms. The van der Waals surface area contributed by atoms with Crippen LogP contribution in [0.4, 0.5) is 10.1 Å². The van der Waals surface area contributed by atoms with E-state index in [1.165, 1.54) is 11.6 Å². The lowest BCUT2D eigenvalue weighted by molar-refractivity contribution is 0.374. The first-order chi connectivity index (χ1) is 14.1. The minimum atomic E-state index is -0.209. The molecule has 1 fully saturated rings. The van der Waals surface area contributed by atoms with Crippen LogP contribution in [-0.4, -0.2) is 24.0 Å². The van der Waals surface area contributed by atoms with Crippen molar-refractivity contribution in [2.45, 2.75) is 37.6 Å². The van der Waals surface area contributed by atoms with E-state index in [-0.39, 0.29) is 5.82 Å².